The highest BCUT2D eigenvalue weighted by Crippen LogP contribution is 2.40. The SMILES string of the molecule is C[C@H](NC(=S)NNC(=O)c1csc2c1CC[C@H](C(C)(C)C)C2)c1ccccc1. The molecule has 1 aliphatic rings. The average Bonchev–Trinajstić information content (AvgIpc) is 3.09. The summed E-state index contributed by atoms with van der Waals surface area (Å²) in [5, 5.41) is 5.58. The van der Waals surface area contributed by atoms with Crippen molar-refractivity contribution >= 4 is 34.6 Å². The van der Waals surface area contributed by atoms with E-state index in [1.165, 1.54) is 10.4 Å². The molecule has 0 aliphatic heterocycles. The van der Waals surface area contributed by atoms with Crippen molar-refractivity contribution in [3.8, 4) is 0 Å². The van der Waals surface area contributed by atoms with E-state index in [4.69, 9.17) is 12.2 Å². The highest BCUT2D eigenvalue weighted by molar-refractivity contribution is 7.80. The summed E-state index contributed by atoms with van der Waals surface area (Å²) in [5.74, 6) is 0.548. The highest BCUT2D eigenvalue weighted by atomic mass is 32.1. The molecule has 28 heavy (non-hydrogen) atoms. The summed E-state index contributed by atoms with van der Waals surface area (Å²) < 4.78 is 0. The maximum atomic E-state index is 12.7. The topological polar surface area (TPSA) is 53.2 Å². The van der Waals surface area contributed by atoms with Crippen molar-refractivity contribution < 1.29 is 4.79 Å². The molecule has 0 unspecified atom stereocenters. The number of hydrazine groups is 1. The zero-order valence-electron chi connectivity index (χ0n) is 17.0. The minimum absolute atomic E-state index is 0.0568. The predicted molar refractivity (Wildman–Crippen MR) is 120 cm³/mol. The molecule has 2 atom stereocenters. The van der Waals surface area contributed by atoms with Crippen LogP contribution in [0.4, 0.5) is 0 Å². The molecule has 1 aliphatic carbocycles. The number of carbonyl (C=O) groups is 1. The molecule has 6 heteroatoms. The van der Waals surface area contributed by atoms with Gasteiger partial charge in [-0.15, -0.1) is 11.3 Å². The Morgan fingerprint density at radius 1 is 1.21 bits per heavy atom. The van der Waals surface area contributed by atoms with E-state index in [0.717, 1.165) is 30.4 Å². The molecule has 2 aromatic rings. The molecule has 0 fully saturated rings. The van der Waals surface area contributed by atoms with E-state index in [1.54, 1.807) is 11.3 Å². The van der Waals surface area contributed by atoms with Gasteiger partial charge in [-0.25, -0.2) is 0 Å². The van der Waals surface area contributed by atoms with Crippen molar-refractivity contribution in [3.63, 3.8) is 0 Å². The van der Waals surface area contributed by atoms with Crippen LogP contribution in [0.15, 0.2) is 35.7 Å². The quantitative estimate of drug-likeness (QED) is 0.499. The summed E-state index contributed by atoms with van der Waals surface area (Å²) in [5.41, 5.74) is 9.01. The lowest BCUT2D eigenvalue weighted by molar-refractivity contribution is 0.0942. The Bertz CT molecular complexity index is 839. The molecule has 1 amide bonds. The van der Waals surface area contributed by atoms with E-state index in [2.05, 4.69) is 36.9 Å². The first kappa shape index (κ1) is 20.8. The Hall–Kier alpha value is -1.92. The van der Waals surface area contributed by atoms with Crippen LogP contribution in [0.5, 0.6) is 0 Å². The number of fused-ring (bicyclic) bond motifs is 1. The molecule has 150 valence electrons. The van der Waals surface area contributed by atoms with Crippen molar-refractivity contribution in [2.75, 3.05) is 0 Å². The Morgan fingerprint density at radius 3 is 2.61 bits per heavy atom. The smallest absolute Gasteiger partial charge is 0.270 e. The largest absolute Gasteiger partial charge is 0.355 e. The minimum atomic E-state index is -0.122. The van der Waals surface area contributed by atoms with Crippen molar-refractivity contribution in [1.29, 1.82) is 0 Å². The van der Waals surface area contributed by atoms with Gasteiger partial charge in [-0.1, -0.05) is 51.1 Å². The van der Waals surface area contributed by atoms with Crippen LogP contribution in [-0.4, -0.2) is 11.0 Å². The van der Waals surface area contributed by atoms with Gasteiger partial charge >= 0.3 is 0 Å². The van der Waals surface area contributed by atoms with Crippen LogP contribution in [0.3, 0.4) is 0 Å². The molecule has 1 aromatic carbocycles. The number of rotatable bonds is 3. The summed E-state index contributed by atoms with van der Waals surface area (Å²) in [6.07, 6.45) is 3.17. The van der Waals surface area contributed by atoms with Crippen LogP contribution < -0.4 is 16.2 Å². The number of thiophene rings is 1. The van der Waals surface area contributed by atoms with Crippen LogP contribution in [0, 0.1) is 11.3 Å². The second-order valence-corrected chi connectivity index (χ2v) is 9.91. The molecule has 0 bridgehead atoms. The number of benzene rings is 1. The number of hydrogen-bond acceptors (Lipinski definition) is 3. The van der Waals surface area contributed by atoms with Gasteiger partial charge < -0.3 is 5.32 Å². The third kappa shape index (κ3) is 4.92. The van der Waals surface area contributed by atoms with Gasteiger partial charge in [-0.3, -0.25) is 15.6 Å². The van der Waals surface area contributed by atoms with Gasteiger partial charge in [0.1, 0.15) is 0 Å². The molecule has 0 radical (unpaired) electrons. The van der Waals surface area contributed by atoms with Crippen LogP contribution in [0.2, 0.25) is 0 Å². The summed E-state index contributed by atoms with van der Waals surface area (Å²) in [6.45, 7) is 8.95. The van der Waals surface area contributed by atoms with Crippen LogP contribution in [0.25, 0.3) is 0 Å². The summed E-state index contributed by atoms with van der Waals surface area (Å²) in [6, 6.07) is 10.1. The third-order valence-corrected chi connectivity index (χ3v) is 6.83. The molecule has 3 N–H and O–H groups in total. The average molecular weight is 416 g/mol. The van der Waals surface area contributed by atoms with E-state index >= 15 is 0 Å². The van der Waals surface area contributed by atoms with Crippen molar-refractivity contribution in [3.05, 3.63) is 57.3 Å². The van der Waals surface area contributed by atoms with Crippen molar-refractivity contribution in [2.45, 2.75) is 53.0 Å². The fourth-order valence-electron chi connectivity index (χ4n) is 3.68. The van der Waals surface area contributed by atoms with E-state index in [9.17, 15) is 4.79 Å². The minimum Gasteiger partial charge on any atom is -0.355 e. The second-order valence-electron chi connectivity index (χ2n) is 8.54. The van der Waals surface area contributed by atoms with Gasteiger partial charge in [-0.05, 0) is 60.9 Å². The summed E-state index contributed by atoms with van der Waals surface area (Å²) in [7, 11) is 0. The first-order valence-electron chi connectivity index (χ1n) is 9.76. The predicted octanol–water partition coefficient (Wildman–Crippen LogP) is 4.77. The van der Waals surface area contributed by atoms with E-state index in [-0.39, 0.29) is 11.9 Å². The zero-order chi connectivity index (χ0) is 20.3. The lowest BCUT2D eigenvalue weighted by Gasteiger charge is -2.34. The lowest BCUT2D eigenvalue weighted by Crippen LogP contribution is -2.47. The Balaban J connectivity index is 1.55. The molecule has 1 heterocycles. The van der Waals surface area contributed by atoms with Crippen LogP contribution >= 0.6 is 23.6 Å². The molecular weight excluding hydrogens is 386 g/mol. The Kier molecular flexibility index (Phi) is 6.40. The van der Waals surface area contributed by atoms with Gasteiger partial charge in [0.2, 0.25) is 0 Å². The second kappa shape index (κ2) is 8.62. The van der Waals surface area contributed by atoms with Gasteiger partial charge in [-0.2, -0.15) is 0 Å². The lowest BCUT2D eigenvalue weighted by atomic mass is 9.72. The Labute approximate surface area is 177 Å². The van der Waals surface area contributed by atoms with Gasteiger partial charge in [0.15, 0.2) is 5.11 Å². The molecule has 0 saturated heterocycles. The number of carbonyl (C=O) groups excluding carboxylic acids is 1. The number of hydrogen-bond donors (Lipinski definition) is 3. The maximum Gasteiger partial charge on any atom is 0.270 e. The van der Waals surface area contributed by atoms with Crippen LogP contribution in [0.1, 0.15) is 66.5 Å². The van der Waals surface area contributed by atoms with Gasteiger partial charge in [0.25, 0.3) is 5.91 Å². The number of nitrogens with one attached hydrogen (secondary N) is 3. The Morgan fingerprint density at radius 2 is 1.93 bits per heavy atom. The monoisotopic (exact) mass is 415 g/mol. The van der Waals surface area contributed by atoms with Crippen molar-refractivity contribution in [2.24, 2.45) is 11.3 Å². The summed E-state index contributed by atoms with van der Waals surface area (Å²) >= 11 is 7.03. The fraction of sp³-hybridized carbons (Fsp3) is 0.455. The maximum absolute atomic E-state index is 12.7. The third-order valence-electron chi connectivity index (χ3n) is 5.56. The van der Waals surface area contributed by atoms with E-state index in [1.807, 2.05) is 42.6 Å². The van der Waals surface area contributed by atoms with E-state index in [0.29, 0.717) is 16.4 Å². The first-order chi connectivity index (χ1) is 13.3. The zero-order valence-corrected chi connectivity index (χ0v) is 18.6. The van der Waals surface area contributed by atoms with Gasteiger partial charge in [0, 0.05) is 10.3 Å². The molecule has 0 spiro atoms. The van der Waals surface area contributed by atoms with Gasteiger partial charge in [0.05, 0.1) is 11.6 Å². The standard InChI is InChI=1S/C22H29N3OS2/c1-14(15-8-6-5-7-9-15)23-21(27)25-24-20(26)18-13-28-19-12-16(22(2,3)4)10-11-17(18)19/h5-9,13-14,16H,10-12H2,1-4H3,(H,24,26)(H2,23,25,27)/t14-,16-/m0/s1. The number of amides is 1. The van der Waals surface area contributed by atoms with E-state index < -0.39 is 0 Å². The highest BCUT2D eigenvalue weighted by Gasteiger charge is 2.31. The number of thiocarbonyl (C=S) groups is 1. The molecule has 4 nitrogen and oxygen atoms in total. The molecule has 0 saturated carbocycles. The fourth-order valence-corrected chi connectivity index (χ4v) is 5.07. The first-order valence-corrected chi connectivity index (χ1v) is 11.1. The van der Waals surface area contributed by atoms with Crippen LogP contribution in [-0.2, 0) is 12.8 Å². The molecule has 3 rings (SSSR count). The normalized spacial score (nSPS) is 17.4. The molecule has 1 aromatic heterocycles. The van der Waals surface area contributed by atoms with Crippen molar-refractivity contribution in [1.82, 2.24) is 16.2 Å². The summed E-state index contributed by atoms with van der Waals surface area (Å²) in [4.78, 5) is 14.0. The molecular formula is C22H29N3OS2.